The van der Waals surface area contributed by atoms with E-state index < -0.39 is 0 Å². The van der Waals surface area contributed by atoms with Gasteiger partial charge in [-0.05, 0) is 56.4 Å². The van der Waals surface area contributed by atoms with E-state index in [4.69, 9.17) is 0 Å². The van der Waals surface area contributed by atoms with Crippen LogP contribution < -0.4 is 10.6 Å². The molecule has 0 bridgehead atoms. The van der Waals surface area contributed by atoms with E-state index in [9.17, 15) is 9.59 Å². The highest BCUT2D eigenvalue weighted by Gasteiger charge is 2.40. The molecule has 0 spiro atoms. The zero-order chi connectivity index (χ0) is 20.6. The Labute approximate surface area is 175 Å². The molecule has 1 amide bonds. The number of H-pyrrole nitrogens is 1. The lowest BCUT2D eigenvalue weighted by atomic mass is 9.74. The number of para-hydroxylation sites is 1. The van der Waals surface area contributed by atoms with Crippen LogP contribution in [0.4, 0.5) is 11.4 Å². The first-order chi connectivity index (χ1) is 14.7. The second-order valence-corrected chi connectivity index (χ2v) is 8.12. The molecule has 5 rings (SSSR count). The number of nitrogens with one attached hydrogen (secondary N) is 3. The van der Waals surface area contributed by atoms with Gasteiger partial charge in [0.05, 0.1) is 28.2 Å². The van der Waals surface area contributed by atoms with Crippen LogP contribution in [-0.2, 0) is 16.8 Å². The van der Waals surface area contributed by atoms with Gasteiger partial charge in [-0.2, -0.15) is 0 Å². The lowest BCUT2D eigenvalue weighted by Crippen LogP contribution is -2.48. The third-order valence-electron chi connectivity index (χ3n) is 6.31. The van der Waals surface area contributed by atoms with Crippen LogP contribution in [-0.4, -0.2) is 22.2 Å². The number of anilines is 2. The predicted molar refractivity (Wildman–Crippen MR) is 116 cm³/mol. The maximum absolute atomic E-state index is 12.8. The molecule has 2 aromatic heterocycles. The van der Waals surface area contributed by atoms with E-state index in [2.05, 4.69) is 20.6 Å². The number of aromatic amines is 1. The van der Waals surface area contributed by atoms with Gasteiger partial charge < -0.3 is 15.6 Å². The second kappa shape index (κ2) is 7.44. The second-order valence-electron chi connectivity index (χ2n) is 8.12. The molecule has 0 saturated heterocycles. The fourth-order valence-electron chi connectivity index (χ4n) is 4.57. The number of hydrogen-bond acceptors (Lipinski definition) is 4. The van der Waals surface area contributed by atoms with Crippen LogP contribution in [0.5, 0.6) is 0 Å². The molecule has 0 atom stereocenters. The number of carbonyl (C=O) groups is 2. The van der Waals surface area contributed by atoms with Crippen molar-refractivity contribution in [3.8, 4) is 11.3 Å². The molecule has 1 saturated carbocycles. The molecule has 0 aliphatic heterocycles. The van der Waals surface area contributed by atoms with Gasteiger partial charge in [0.1, 0.15) is 0 Å². The van der Waals surface area contributed by atoms with Crippen molar-refractivity contribution in [2.45, 2.75) is 44.1 Å². The summed E-state index contributed by atoms with van der Waals surface area (Å²) in [5.41, 5.74) is 5.85. The van der Waals surface area contributed by atoms with Crippen molar-refractivity contribution in [1.29, 1.82) is 0 Å². The minimum absolute atomic E-state index is 0.171. The lowest BCUT2D eigenvalue weighted by Gasteiger charge is -2.40. The molecule has 2 heterocycles. The Bertz CT molecular complexity index is 1100. The van der Waals surface area contributed by atoms with Crippen LogP contribution in [0, 0.1) is 0 Å². The molecular formula is C24H24N4O2. The molecule has 1 fully saturated rings. The van der Waals surface area contributed by atoms with Crippen LogP contribution in [0.25, 0.3) is 11.3 Å². The van der Waals surface area contributed by atoms with Crippen LogP contribution in [0.2, 0.25) is 0 Å². The van der Waals surface area contributed by atoms with E-state index in [-0.39, 0.29) is 11.3 Å². The molecule has 1 aromatic carbocycles. The maximum Gasteiger partial charge on any atom is 0.207 e. The van der Waals surface area contributed by atoms with Crippen molar-refractivity contribution in [3.63, 3.8) is 0 Å². The van der Waals surface area contributed by atoms with Crippen molar-refractivity contribution in [2.75, 3.05) is 5.32 Å². The monoisotopic (exact) mass is 400 g/mol. The average molecular weight is 400 g/mol. The summed E-state index contributed by atoms with van der Waals surface area (Å²) in [7, 11) is 0. The van der Waals surface area contributed by atoms with Crippen LogP contribution >= 0.6 is 0 Å². The SMILES string of the molecule is O=CNC1(c2cc(-c3[nH]c4c(c3Nc3ccccc3)C(=O)CCC4)ccn2)CCC1. The molecule has 2 aliphatic carbocycles. The molecule has 3 aromatic rings. The number of hydrogen-bond donors (Lipinski definition) is 3. The van der Waals surface area contributed by atoms with Gasteiger partial charge in [-0.1, -0.05) is 18.2 Å². The first kappa shape index (κ1) is 18.6. The van der Waals surface area contributed by atoms with E-state index in [1.807, 2.05) is 42.5 Å². The molecular weight excluding hydrogens is 376 g/mol. The number of rotatable bonds is 6. The quantitative estimate of drug-likeness (QED) is 0.533. The Morgan fingerprint density at radius 1 is 1.07 bits per heavy atom. The van der Waals surface area contributed by atoms with Crippen molar-refractivity contribution in [3.05, 3.63) is 65.6 Å². The molecule has 6 heteroatoms. The van der Waals surface area contributed by atoms with Gasteiger partial charge in [0.25, 0.3) is 0 Å². The van der Waals surface area contributed by atoms with Gasteiger partial charge in [-0.25, -0.2) is 0 Å². The number of aryl methyl sites for hydroxylation is 1. The zero-order valence-electron chi connectivity index (χ0n) is 16.7. The summed E-state index contributed by atoms with van der Waals surface area (Å²) in [6.45, 7) is 0. The van der Waals surface area contributed by atoms with Crippen LogP contribution in [0.3, 0.4) is 0 Å². The highest BCUT2D eigenvalue weighted by atomic mass is 16.1. The van der Waals surface area contributed by atoms with Crippen molar-refractivity contribution < 1.29 is 9.59 Å². The van der Waals surface area contributed by atoms with Crippen molar-refractivity contribution in [1.82, 2.24) is 15.3 Å². The summed E-state index contributed by atoms with van der Waals surface area (Å²) in [5.74, 6) is 0.171. The highest BCUT2D eigenvalue weighted by Crippen LogP contribution is 2.43. The smallest absolute Gasteiger partial charge is 0.207 e. The van der Waals surface area contributed by atoms with Gasteiger partial charge in [0, 0.05) is 29.6 Å². The standard InChI is InChI=1S/C24H24N4O2/c29-15-26-24(11-5-12-24)20-14-16(10-13-25-20)22-23(27-17-6-2-1-3-7-17)21-18(28-22)8-4-9-19(21)30/h1-3,6-7,10,13-15,27-28H,4-5,8-9,11-12H2,(H,26,29). The summed E-state index contributed by atoms with van der Waals surface area (Å²) in [4.78, 5) is 32.0. The average Bonchev–Trinajstić information content (AvgIpc) is 3.11. The minimum Gasteiger partial charge on any atom is -0.356 e. The Kier molecular flexibility index (Phi) is 4.62. The zero-order valence-corrected chi connectivity index (χ0v) is 16.7. The summed E-state index contributed by atoms with van der Waals surface area (Å²) in [5, 5.41) is 6.45. The number of amides is 1. The topological polar surface area (TPSA) is 86.9 Å². The van der Waals surface area contributed by atoms with E-state index >= 15 is 0 Å². The Morgan fingerprint density at radius 3 is 2.63 bits per heavy atom. The largest absolute Gasteiger partial charge is 0.356 e. The number of carbonyl (C=O) groups excluding carboxylic acids is 2. The van der Waals surface area contributed by atoms with E-state index in [1.165, 1.54) is 0 Å². The van der Waals surface area contributed by atoms with Crippen LogP contribution in [0.1, 0.15) is 53.8 Å². The maximum atomic E-state index is 12.8. The predicted octanol–water partition coefficient (Wildman–Crippen LogP) is 4.46. The summed E-state index contributed by atoms with van der Waals surface area (Å²) in [6.07, 6.45) is 7.69. The normalized spacial score (nSPS) is 17.0. The van der Waals surface area contributed by atoms with E-state index in [0.717, 1.165) is 78.1 Å². The third kappa shape index (κ3) is 3.09. The van der Waals surface area contributed by atoms with Crippen LogP contribution in [0.15, 0.2) is 48.7 Å². The first-order valence-electron chi connectivity index (χ1n) is 10.5. The molecule has 0 radical (unpaired) electrons. The van der Waals surface area contributed by atoms with Crippen molar-refractivity contribution >= 4 is 23.6 Å². The number of fused-ring (bicyclic) bond motifs is 1. The van der Waals surface area contributed by atoms with Gasteiger partial charge in [0.15, 0.2) is 5.78 Å². The third-order valence-corrected chi connectivity index (χ3v) is 6.31. The molecule has 0 unspecified atom stereocenters. The fourth-order valence-corrected chi connectivity index (χ4v) is 4.57. The van der Waals surface area contributed by atoms with Gasteiger partial charge in [0.2, 0.25) is 6.41 Å². The van der Waals surface area contributed by atoms with Gasteiger partial charge in [-0.3, -0.25) is 14.6 Å². The molecule has 2 aliphatic rings. The Morgan fingerprint density at radius 2 is 1.90 bits per heavy atom. The van der Waals surface area contributed by atoms with E-state index in [0.29, 0.717) is 6.42 Å². The molecule has 6 nitrogen and oxygen atoms in total. The van der Waals surface area contributed by atoms with E-state index in [1.54, 1.807) is 6.20 Å². The minimum atomic E-state index is -0.382. The van der Waals surface area contributed by atoms with Crippen molar-refractivity contribution in [2.24, 2.45) is 0 Å². The molecule has 30 heavy (non-hydrogen) atoms. The number of aromatic nitrogens is 2. The van der Waals surface area contributed by atoms with Gasteiger partial charge >= 0.3 is 0 Å². The van der Waals surface area contributed by atoms with Gasteiger partial charge in [-0.15, -0.1) is 0 Å². The number of nitrogens with zero attached hydrogens (tertiary/aromatic N) is 1. The summed E-state index contributed by atoms with van der Waals surface area (Å²) >= 11 is 0. The summed E-state index contributed by atoms with van der Waals surface area (Å²) < 4.78 is 0. The Balaban J connectivity index is 1.62. The molecule has 152 valence electrons. The number of pyridine rings is 1. The number of Topliss-reactive ketones (excluding diaryl/α,β-unsaturated/α-hetero) is 1. The number of benzene rings is 1. The molecule has 3 N–H and O–H groups in total. The summed E-state index contributed by atoms with van der Waals surface area (Å²) in [6, 6.07) is 13.9. The number of ketones is 1. The lowest BCUT2D eigenvalue weighted by molar-refractivity contribution is -0.112. The fraction of sp³-hybridized carbons (Fsp3) is 0.292. The highest BCUT2D eigenvalue weighted by molar-refractivity contribution is 6.07. The Hall–Kier alpha value is -3.41. The first-order valence-corrected chi connectivity index (χ1v) is 10.5.